The number of piperidine rings is 1. The molecule has 0 spiro atoms. The highest BCUT2D eigenvalue weighted by atomic mass is 35.5. The molecular weight excluding hydrogens is 364 g/mol. The molecule has 1 saturated heterocycles. The predicted molar refractivity (Wildman–Crippen MR) is 99.7 cm³/mol. The lowest BCUT2D eigenvalue weighted by Gasteiger charge is -2.26. The first kappa shape index (κ1) is 19.7. The topological polar surface area (TPSA) is 70.3 Å². The molecule has 4 rings (SSSR count). The minimum atomic E-state index is -0.763. The molecule has 3 aromatic rings. The van der Waals surface area contributed by atoms with Crippen molar-refractivity contribution in [1.29, 1.82) is 5.41 Å². The van der Waals surface area contributed by atoms with Gasteiger partial charge in [-0.25, -0.2) is 0 Å². The van der Waals surface area contributed by atoms with E-state index in [4.69, 9.17) is 9.83 Å². The van der Waals surface area contributed by atoms with Crippen molar-refractivity contribution < 1.29 is 21.9 Å². The lowest BCUT2D eigenvalue weighted by atomic mass is 10.1. The molecule has 1 aromatic carbocycles. The van der Waals surface area contributed by atoms with Crippen LogP contribution >= 0.6 is 0 Å². The van der Waals surface area contributed by atoms with Crippen molar-refractivity contribution in [2.75, 3.05) is 19.6 Å². The number of rotatable bonds is 6. The van der Waals surface area contributed by atoms with Gasteiger partial charge in [-0.2, -0.15) is 0 Å². The van der Waals surface area contributed by atoms with Crippen molar-refractivity contribution in [3.63, 3.8) is 0 Å². The van der Waals surface area contributed by atoms with E-state index in [9.17, 15) is 5.11 Å². The van der Waals surface area contributed by atoms with Gasteiger partial charge < -0.3 is 36.0 Å². The van der Waals surface area contributed by atoms with Crippen molar-refractivity contribution in [2.24, 2.45) is 0 Å². The molecule has 2 aromatic heterocycles. The highest BCUT2D eigenvalue weighted by molar-refractivity contribution is 5.75. The Labute approximate surface area is 164 Å². The van der Waals surface area contributed by atoms with Gasteiger partial charge in [0.25, 0.3) is 0 Å². The summed E-state index contributed by atoms with van der Waals surface area (Å²) in [6.45, 7) is 4.38. The van der Waals surface area contributed by atoms with E-state index in [1.54, 1.807) is 18.4 Å². The van der Waals surface area contributed by atoms with Gasteiger partial charge in [0.1, 0.15) is 11.9 Å². The van der Waals surface area contributed by atoms with Gasteiger partial charge in [-0.3, -0.25) is 5.41 Å². The number of nitrogens with zero attached hydrogens (tertiary/aromatic N) is 3. The van der Waals surface area contributed by atoms with E-state index in [-0.39, 0.29) is 12.4 Å². The monoisotopic (exact) mass is 389 g/mol. The molecule has 146 valence electrons. The normalized spacial score (nSPS) is 16.3. The van der Waals surface area contributed by atoms with Gasteiger partial charge in [0.05, 0.1) is 23.8 Å². The first-order valence-corrected chi connectivity index (χ1v) is 9.40. The van der Waals surface area contributed by atoms with E-state index < -0.39 is 6.10 Å². The Morgan fingerprint density at radius 1 is 0.963 bits per heavy atom. The average Bonchev–Trinajstić information content (AvgIpc) is 3.29. The van der Waals surface area contributed by atoms with Crippen LogP contribution in [0.1, 0.15) is 31.1 Å². The number of halogens is 1. The number of nitrogens with one attached hydrogen (secondary N) is 1. The molecule has 2 N–H and O–H groups in total. The number of aliphatic hydroxyl groups is 1. The van der Waals surface area contributed by atoms with Crippen LogP contribution in [0.5, 0.6) is 0 Å². The van der Waals surface area contributed by atoms with Gasteiger partial charge in [0.15, 0.2) is 0 Å². The standard InChI is InChI=1S/C20H26N4O2.ClH/c21-20-23(13-12-22-10-4-1-5-11-22)16-7-2-3-8-17(16)24(20)15-18(25)19-9-6-14-26-19;/h2-3,6-9,14,18,21,25H,1,4-5,10-13,15H2;1H/p-1. The molecule has 7 heteroatoms. The summed E-state index contributed by atoms with van der Waals surface area (Å²) in [6.07, 6.45) is 4.68. The van der Waals surface area contributed by atoms with E-state index in [2.05, 4.69) is 15.5 Å². The zero-order chi connectivity index (χ0) is 17.9. The number of hydrogen-bond acceptors (Lipinski definition) is 4. The Morgan fingerprint density at radius 2 is 1.67 bits per heavy atom. The number of furan rings is 1. The number of aliphatic hydroxyl groups excluding tert-OH is 1. The second-order valence-corrected chi connectivity index (χ2v) is 7.01. The fraction of sp³-hybridized carbons (Fsp3) is 0.450. The molecule has 1 aliphatic heterocycles. The number of fused-ring (bicyclic) bond motifs is 1. The maximum atomic E-state index is 10.5. The number of benzene rings is 1. The molecule has 1 unspecified atom stereocenters. The van der Waals surface area contributed by atoms with E-state index in [0.29, 0.717) is 17.9 Å². The predicted octanol–water partition coefficient (Wildman–Crippen LogP) is -0.261. The van der Waals surface area contributed by atoms with Crippen LogP contribution in [-0.4, -0.2) is 38.8 Å². The molecule has 0 bridgehead atoms. The third-order valence-electron chi connectivity index (χ3n) is 5.29. The van der Waals surface area contributed by atoms with E-state index in [1.165, 1.54) is 19.3 Å². The van der Waals surface area contributed by atoms with Crippen LogP contribution in [-0.2, 0) is 13.1 Å². The largest absolute Gasteiger partial charge is 1.00 e. The van der Waals surface area contributed by atoms with Crippen molar-refractivity contribution in [2.45, 2.75) is 38.5 Å². The Kier molecular flexibility index (Phi) is 6.42. The molecule has 0 aliphatic carbocycles. The number of aromatic nitrogens is 2. The van der Waals surface area contributed by atoms with Gasteiger partial charge in [0.2, 0.25) is 5.62 Å². The first-order valence-electron chi connectivity index (χ1n) is 9.40. The Balaban J connectivity index is 0.00000210. The molecule has 1 fully saturated rings. The highest BCUT2D eigenvalue weighted by Gasteiger charge is 2.17. The Morgan fingerprint density at radius 3 is 2.33 bits per heavy atom. The van der Waals surface area contributed by atoms with Crippen LogP contribution in [0.2, 0.25) is 0 Å². The fourth-order valence-corrected chi connectivity index (χ4v) is 3.87. The van der Waals surface area contributed by atoms with Gasteiger partial charge in [0, 0.05) is 13.1 Å². The van der Waals surface area contributed by atoms with E-state index >= 15 is 0 Å². The maximum absolute atomic E-state index is 10.5. The third kappa shape index (κ3) is 4.13. The zero-order valence-corrected chi connectivity index (χ0v) is 16.1. The minimum Gasteiger partial charge on any atom is -1.00 e. The summed E-state index contributed by atoms with van der Waals surface area (Å²) < 4.78 is 9.24. The van der Waals surface area contributed by atoms with E-state index in [0.717, 1.165) is 37.2 Å². The van der Waals surface area contributed by atoms with E-state index in [1.807, 2.05) is 22.8 Å². The minimum absolute atomic E-state index is 0. The quantitative estimate of drug-likeness (QED) is 0.610. The number of likely N-dealkylation sites (tertiary alicyclic amines) is 1. The molecule has 27 heavy (non-hydrogen) atoms. The number of hydrogen-bond donors (Lipinski definition) is 2. The molecule has 0 amide bonds. The van der Waals surface area contributed by atoms with Crippen molar-refractivity contribution in [3.05, 3.63) is 54.0 Å². The summed E-state index contributed by atoms with van der Waals surface area (Å²) in [5.74, 6) is 0.530. The third-order valence-corrected chi connectivity index (χ3v) is 5.29. The Bertz CT molecular complexity index is 910. The van der Waals surface area contributed by atoms with Crippen LogP contribution < -0.4 is 18.0 Å². The maximum Gasteiger partial charge on any atom is 0.203 e. The average molecular weight is 390 g/mol. The van der Waals surface area contributed by atoms with Gasteiger partial charge in [-0.05, 0) is 50.2 Å². The highest BCUT2D eigenvalue weighted by Crippen LogP contribution is 2.19. The molecule has 6 nitrogen and oxygen atoms in total. The SMILES string of the molecule is N=c1n(CCN2CCCCC2)c2ccccc2n1CC(O)c1ccco1.[Cl-]. The second kappa shape index (κ2) is 8.78. The molecule has 1 aliphatic rings. The molecule has 0 radical (unpaired) electrons. The smallest absolute Gasteiger partial charge is 0.203 e. The van der Waals surface area contributed by atoms with Crippen LogP contribution in [0.25, 0.3) is 11.0 Å². The molecule has 3 heterocycles. The van der Waals surface area contributed by atoms with Crippen molar-refractivity contribution in [3.8, 4) is 0 Å². The van der Waals surface area contributed by atoms with Crippen LogP contribution in [0, 0.1) is 5.41 Å². The first-order chi connectivity index (χ1) is 12.7. The van der Waals surface area contributed by atoms with Crippen LogP contribution in [0.15, 0.2) is 47.1 Å². The molecule has 0 saturated carbocycles. The summed E-state index contributed by atoms with van der Waals surface area (Å²) >= 11 is 0. The van der Waals surface area contributed by atoms with Gasteiger partial charge >= 0.3 is 0 Å². The van der Waals surface area contributed by atoms with Gasteiger partial charge in [-0.1, -0.05) is 18.6 Å². The summed E-state index contributed by atoms with van der Waals surface area (Å²) in [7, 11) is 0. The Hall–Kier alpha value is -2.02. The lowest BCUT2D eigenvalue weighted by Crippen LogP contribution is -3.00. The van der Waals surface area contributed by atoms with Crippen LogP contribution in [0.3, 0.4) is 0 Å². The second-order valence-electron chi connectivity index (χ2n) is 7.01. The van der Waals surface area contributed by atoms with Gasteiger partial charge in [-0.15, -0.1) is 0 Å². The number of imidazole rings is 1. The zero-order valence-electron chi connectivity index (χ0n) is 15.4. The summed E-state index contributed by atoms with van der Waals surface area (Å²) in [6, 6.07) is 11.6. The summed E-state index contributed by atoms with van der Waals surface area (Å²) in [5.41, 5.74) is 2.44. The van der Waals surface area contributed by atoms with Crippen molar-refractivity contribution >= 4 is 11.0 Å². The molecule has 1 atom stereocenters. The number of para-hydroxylation sites is 2. The summed E-state index contributed by atoms with van der Waals surface area (Å²) in [4.78, 5) is 2.49. The van der Waals surface area contributed by atoms with Crippen molar-refractivity contribution in [1.82, 2.24) is 14.0 Å². The van der Waals surface area contributed by atoms with Crippen LogP contribution in [0.4, 0.5) is 0 Å². The fourth-order valence-electron chi connectivity index (χ4n) is 3.87. The molecular formula is C20H26ClN4O2-. The lowest BCUT2D eigenvalue weighted by molar-refractivity contribution is -0.00000743. The summed E-state index contributed by atoms with van der Waals surface area (Å²) in [5, 5.41) is 19.2.